The number of carbonyl (C=O) groups excluding carboxylic acids is 4. The molecule has 0 aliphatic carbocycles. The molecule has 3 N–H and O–H groups in total. The largest absolute Gasteiger partial charge is 0.484 e. The average molecular weight is 707 g/mol. The van der Waals surface area contributed by atoms with Gasteiger partial charge >= 0.3 is 12.0 Å². The zero-order valence-corrected chi connectivity index (χ0v) is 28.1. The van der Waals surface area contributed by atoms with Crippen molar-refractivity contribution in [3.63, 3.8) is 0 Å². The van der Waals surface area contributed by atoms with Crippen LogP contribution in [0.15, 0.2) is 97.1 Å². The Balaban J connectivity index is 1.48. The third-order valence-electron chi connectivity index (χ3n) is 7.15. The van der Waals surface area contributed by atoms with Gasteiger partial charge < -0.3 is 35.2 Å². The third-order valence-corrected chi connectivity index (χ3v) is 7.59. The number of benzene rings is 4. The number of likely N-dealkylation sites (N-methyl/N-ethyl adjacent to an activating group) is 2. The number of rotatable bonds is 13. The van der Waals surface area contributed by atoms with E-state index in [2.05, 4.69) is 10.6 Å². The predicted molar refractivity (Wildman–Crippen MR) is 189 cm³/mol. The number of carbonyl (C=O) groups is 5. The smallest absolute Gasteiger partial charge is 0.319 e. The van der Waals surface area contributed by atoms with E-state index in [1.54, 1.807) is 93.0 Å². The highest BCUT2D eigenvalue weighted by Crippen LogP contribution is 2.26. The second-order valence-corrected chi connectivity index (χ2v) is 11.6. The molecule has 12 nitrogen and oxygen atoms in total. The molecule has 0 bridgehead atoms. The monoisotopic (exact) mass is 705 g/mol. The third kappa shape index (κ3) is 10.7. The minimum absolute atomic E-state index is 0.222. The summed E-state index contributed by atoms with van der Waals surface area (Å²) in [7, 11) is 3.13. The molecule has 49 heavy (non-hydrogen) atoms. The van der Waals surface area contributed by atoms with Crippen molar-refractivity contribution in [3.05, 3.63) is 113 Å². The molecule has 4 aromatic rings. The lowest BCUT2D eigenvalue weighted by molar-refractivity contribution is -0.136. The molecule has 4 rings (SSSR count). The first-order valence-electron chi connectivity index (χ1n) is 14.8. The van der Waals surface area contributed by atoms with E-state index in [1.807, 2.05) is 6.07 Å². The number of nitrogens with zero attached hydrogens (tertiary/aromatic N) is 3. The highest BCUT2D eigenvalue weighted by molar-refractivity contribution is 6.35. The van der Waals surface area contributed by atoms with Crippen molar-refractivity contribution in [3.8, 4) is 5.75 Å². The number of nitrogens with one attached hydrogen (secondary N) is 2. The minimum atomic E-state index is -1.02. The summed E-state index contributed by atoms with van der Waals surface area (Å²) in [6, 6.07) is 25.5. The Morgan fingerprint density at radius 1 is 0.714 bits per heavy atom. The van der Waals surface area contributed by atoms with Crippen molar-refractivity contribution < 1.29 is 33.8 Å². The van der Waals surface area contributed by atoms with Gasteiger partial charge in [0.05, 0.1) is 13.0 Å². The average Bonchev–Trinajstić information content (AvgIpc) is 3.07. The Hall–Kier alpha value is -5.59. The number of amides is 5. The summed E-state index contributed by atoms with van der Waals surface area (Å²) in [4.78, 5) is 67.5. The van der Waals surface area contributed by atoms with E-state index < -0.39 is 36.3 Å². The summed E-state index contributed by atoms with van der Waals surface area (Å²) in [6.07, 6.45) is -0.222. The quantitative estimate of drug-likeness (QED) is 0.167. The molecule has 0 fully saturated rings. The Bertz CT molecular complexity index is 1820. The van der Waals surface area contributed by atoms with Crippen molar-refractivity contribution >= 4 is 75.7 Å². The Morgan fingerprint density at radius 3 is 2.06 bits per heavy atom. The van der Waals surface area contributed by atoms with Gasteiger partial charge in [0.15, 0.2) is 6.61 Å². The summed E-state index contributed by atoms with van der Waals surface area (Å²) in [5.41, 5.74) is 2.19. The van der Waals surface area contributed by atoms with E-state index in [0.29, 0.717) is 32.7 Å². The first-order valence-corrected chi connectivity index (χ1v) is 15.6. The van der Waals surface area contributed by atoms with Crippen molar-refractivity contribution in [2.24, 2.45) is 0 Å². The fourth-order valence-electron chi connectivity index (χ4n) is 4.58. The van der Waals surface area contributed by atoms with Crippen LogP contribution in [0.1, 0.15) is 5.56 Å². The normalized spacial score (nSPS) is 10.4. The van der Waals surface area contributed by atoms with Gasteiger partial charge in [-0.05, 0) is 60.2 Å². The molecule has 0 radical (unpaired) electrons. The first kappa shape index (κ1) is 36.2. The number of carboxylic acids is 1. The van der Waals surface area contributed by atoms with Gasteiger partial charge in [-0.15, -0.1) is 0 Å². The molecule has 0 unspecified atom stereocenters. The molecule has 4 aromatic carbocycles. The number of hydrogen-bond acceptors (Lipinski definition) is 6. The highest BCUT2D eigenvalue weighted by atomic mass is 35.5. The number of ether oxygens (including phenoxy) is 1. The lowest BCUT2D eigenvalue weighted by Crippen LogP contribution is -2.46. The number of urea groups is 1. The molecule has 254 valence electrons. The zero-order chi connectivity index (χ0) is 35.5. The number of hydrogen-bond donors (Lipinski definition) is 3. The van der Waals surface area contributed by atoms with Crippen molar-refractivity contribution in [2.75, 3.05) is 53.8 Å². The fourth-order valence-corrected chi connectivity index (χ4v) is 5.10. The fraction of sp³-hybridized carbons (Fsp3) is 0.171. The molecular formula is C35H33Cl2N5O7. The van der Waals surface area contributed by atoms with E-state index in [-0.39, 0.29) is 31.0 Å². The maximum Gasteiger partial charge on any atom is 0.319 e. The van der Waals surface area contributed by atoms with Crippen LogP contribution in [0.25, 0.3) is 0 Å². The lowest BCUT2D eigenvalue weighted by Gasteiger charge is -2.26. The minimum Gasteiger partial charge on any atom is -0.484 e. The summed E-state index contributed by atoms with van der Waals surface area (Å²) in [6.45, 7) is -1.23. The Morgan fingerprint density at radius 2 is 1.37 bits per heavy atom. The molecule has 0 aliphatic heterocycles. The Labute approximate surface area is 292 Å². The van der Waals surface area contributed by atoms with Crippen LogP contribution in [0.4, 0.5) is 27.5 Å². The van der Waals surface area contributed by atoms with E-state index in [4.69, 9.17) is 33.0 Å². The van der Waals surface area contributed by atoms with Gasteiger partial charge in [-0.25, -0.2) is 4.79 Å². The molecule has 0 atom stereocenters. The molecule has 5 amide bonds. The Kier molecular flexibility index (Phi) is 12.6. The lowest BCUT2D eigenvalue weighted by atomic mass is 10.1. The van der Waals surface area contributed by atoms with Crippen LogP contribution in [0.2, 0.25) is 10.0 Å². The SMILES string of the molecule is CN(C(=O)COc1cccc(N(CC(=O)N(C)c2ccccc2)C(=O)CNC(=O)Nc2cccc(CC(=O)O)c2)c1)c1cc(Cl)cc(Cl)c1. The van der Waals surface area contributed by atoms with Crippen LogP contribution in [-0.2, 0) is 25.6 Å². The van der Waals surface area contributed by atoms with E-state index in [0.717, 1.165) is 0 Å². The maximum absolute atomic E-state index is 13.6. The molecule has 0 saturated heterocycles. The van der Waals surface area contributed by atoms with E-state index in [1.165, 1.54) is 26.8 Å². The van der Waals surface area contributed by atoms with Crippen LogP contribution >= 0.6 is 23.2 Å². The molecule has 0 spiro atoms. The molecule has 0 heterocycles. The van der Waals surface area contributed by atoms with Crippen LogP contribution in [0, 0.1) is 0 Å². The zero-order valence-electron chi connectivity index (χ0n) is 26.6. The van der Waals surface area contributed by atoms with Gasteiger partial charge in [0.25, 0.3) is 5.91 Å². The predicted octanol–water partition coefficient (Wildman–Crippen LogP) is 5.48. The number of halogens is 2. The van der Waals surface area contributed by atoms with E-state index >= 15 is 0 Å². The molecule has 0 aliphatic rings. The van der Waals surface area contributed by atoms with Crippen LogP contribution in [0.3, 0.4) is 0 Å². The maximum atomic E-state index is 13.6. The summed E-state index contributed by atoms with van der Waals surface area (Å²) < 4.78 is 5.75. The van der Waals surface area contributed by atoms with Crippen molar-refractivity contribution in [1.82, 2.24) is 5.32 Å². The number of anilines is 4. The van der Waals surface area contributed by atoms with Crippen molar-refractivity contribution in [2.45, 2.75) is 6.42 Å². The van der Waals surface area contributed by atoms with Crippen molar-refractivity contribution in [1.29, 1.82) is 0 Å². The number of aliphatic carboxylic acids is 1. The second kappa shape index (κ2) is 17.0. The highest BCUT2D eigenvalue weighted by Gasteiger charge is 2.23. The first-order chi connectivity index (χ1) is 23.4. The van der Waals surface area contributed by atoms with Crippen LogP contribution in [0.5, 0.6) is 5.75 Å². The number of carboxylic acid groups (broad SMARTS) is 1. The van der Waals surface area contributed by atoms with Gasteiger partial charge in [-0.2, -0.15) is 0 Å². The van der Waals surface area contributed by atoms with E-state index in [9.17, 15) is 24.0 Å². The van der Waals surface area contributed by atoms with Gasteiger partial charge in [-0.1, -0.05) is 59.6 Å². The second-order valence-electron chi connectivity index (χ2n) is 10.7. The molecular weight excluding hydrogens is 673 g/mol. The molecule has 14 heteroatoms. The van der Waals surface area contributed by atoms with Crippen LogP contribution in [-0.4, -0.2) is 68.6 Å². The molecule has 0 saturated carbocycles. The standard InChI is InChI=1S/C35H33Cl2N5O7/c1-40(27-10-4-3-5-11-27)32(44)21-42(31(43)20-38-35(48)39-26-9-6-8-23(14-26)15-34(46)47)28-12-7-13-30(19-28)49-22-33(45)41(2)29-17-24(36)16-25(37)18-29/h3-14,16-19H,15,20-22H2,1-2H3,(H,46,47)(H2,38,39,48). The summed E-state index contributed by atoms with van der Waals surface area (Å²) >= 11 is 12.1. The summed E-state index contributed by atoms with van der Waals surface area (Å²) in [5, 5.41) is 14.8. The summed E-state index contributed by atoms with van der Waals surface area (Å²) in [5.74, 6) is -2.20. The molecule has 0 aromatic heterocycles. The van der Waals surface area contributed by atoms with Gasteiger partial charge in [-0.3, -0.25) is 19.2 Å². The topological polar surface area (TPSA) is 149 Å². The van der Waals surface area contributed by atoms with Gasteiger partial charge in [0.2, 0.25) is 11.8 Å². The number of para-hydroxylation sites is 1. The van der Waals surface area contributed by atoms with Crippen LogP contribution < -0.4 is 30.1 Å². The van der Waals surface area contributed by atoms with Gasteiger partial charge in [0, 0.05) is 53.0 Å². The van der Waals surface area contributed by atoms with Gasteiger partial charge in [0.1, 0.15) is 12.3 Å².